The van der Waals surface area contributed by atoms with Crippen LogP contribution in [0.2, 0.25) is 0 Å². The third kappa shape index (κ3) is 9.13. The molecule has 0 saturated heterocycles. The van der Waals surface area contributed by atoms with Crippen LogP contribution in [0.5, 0.6) is 17.2 Å². The van der Waals surface area contributed by atoms with Gasteiger partial charge in [0.05, 0.1) is 12.6 Å². The van der Waals surface area contributed by atoms with E-state index in [-0.39, 0.29) is 11.8 Å². The third-order valence-electron chi connectivity index (χ3n) is 4.63. The largest absolute Gasteiger partial charge is 0.573 e. The molecule has 0 aliphatic rings. The Kier molecular flexibility index (Phi) is 9.76. The van der Waals surface area contributed by atoms with Crippen molar-refractivity contribution < 1.29 is 27.8 Å². The van der Waals surface area contributed by atoms with Gasteiger partial charge in [-0.1, -0.05) is 19.1 Å². The Labute approximate surface area is 185 Å². The molecule has 0 radical (unpaired) electrons. The highest BCUT2D eigenvalue weighted by molar-refractivity contribution is 5.82. The molecule has 0 aliphatic carbocycles. The van der Waals surface area contributed by atoms with Crippen LogP contribution in [0.1, 0.15) is 18.9 Å². The molecule has 0 aliphatic heterocycles. The van der Waals surface area contributed by atoms with Gasteiger partial charge in [0.25, 0.3) is 0 Å². The Morgan fingerprint density at radius 3 is 2.16 bits per heavy atom. The topological polar surface area (TPSA) is 101 Å². The molecule has 2 unspecified atom stereocenters. The zero-order chi connectivity index (χ0) is 23.6. The maximum absolute atomic E-state index is 12.2. The molecule has 176 valence electrons. The molecule has 2 atom stereocenters. The molecule has 0 bridgehead atoms. The van der Waals surface area contributed by atoms with Gasteiger partial charge in [0, 0.05) is 26.2 Å². The molecule has 10 heteroatoms. The van der Waals surface area contributed by atoms with Gasteiger partial charge in [-0.05, 0) is 48.4 Å². The number of aliphatic hydroxyl groups excluding tert-OH is 1. The maximum Gasteiger partial charge on any atom is 0.573 e. The van der Waals surface area contributed by atoms with Crippen LogP contribution in [-0.2, 0) is 6.54 Å². The number of aliphatic hydroxyl groups is 1. The van der Waals surface area contributed by atoms with Crippen LogP contribution in [-0.4, -0.2) is 49.6 Å². The summed E-state index contributed by atoms with van der Waals surface area (Å²) < 4.78 is 46.2. The average molecular weight is 454 g/mol. The van der Waals surface area contributed by atoms with Gasteiger partial charge < -0.3 is 30.9 Å². The summed E-state index contributed by atoms with van der Waals surface area (Å²) in [6, 6.07) is 12.3. The lowest BCUT2D eigenvalue weighted by molar-refractivity contribution is -0.274. The van der Waals surface area contributed by atoms with Crippen LogP contribution < -0.4 is 25.8 Å². The van der Waals surface area contributed by atoms with E-state index in [4.69, 9.17) is 10.5 Å². The van der Waals surface area contributed by atoms with Gasteiger partial charge in [0.2, 0.25) is 0 Å². The van der Waals surface area contributed by atoms with Gasteiger partial charge in [-0.15, -0.1) is 13.2 Å². The summed E-state index contributed by atoms with van der Waals surface area (Å²) in [7, 11) is 1.62. The number of nitrogens with two attached hydrogens (primary N) is 1. The van der Waals surface area contributed by atoms with E-state index < -0.39 is 12.5 Å². The number of halogens is 3. The summed E-state index contributed by atoms with van der Waals surface area (Å²) in [6.07, 6.45) is -4.64. The minimum absolute atomic E-state index is 0.169. The van der Waals surface area contributed by atoms with Gasteiger partial charge >= 0.3 is 6.36 Å². The van der Waals surface area contributed by atoms with Crippen molar-refractivity contribution in [1.29, 1.82) is 0 Å². The zero-order valence-electron chi connectivity index (χ0n) is 18.0. The van der Waals surface area contributed by atoms with Crippen molar-refractivity contribution in [2.45, 2.75) is 38.4 Å². The van der Waals surface area contributed by atoms with Crippen molar-refractivity contribution in [1.82, 2.24) is 10.6 Å². The number of hydrogen-bond acceptors (Lipinski definition) is 6. The lowest BCUT2D eigenvalue weighted by atomic mass is 10.1. The summed E-state index contributed by atoms with van der Waals surface area (Å²) in [4.78, 5) is 3.89. The van der Waals surface area contributed by atoms with Crippen LogP contribution >= 0.6 is 0 Å². The minimum Gasteiger partial charge on any atom is -0.457 e. The van der Waals surface area contributed by atoms with Gasteiger partial charge in [0.15, 0.2) is 0 Å². The second kappa shape index (κ2) is 12.3. The van der Waals surface area contributed by atoms with Gasteiger partial charge in [-0.2, -0.15) is 0 Å². The molecule has 0 saturated carbocycles. The Morgan fingerprint density at radius 2 is 1.62 bits per heavy atom. The summed E-state index contributed by atoms with van der Waals surface area (Å²) in [5.41, 5.74) is 6.66. The highest BCUT2D eigenvalue weighted by Gasteiger charge is 2.31. The summed E-state index contributed by atoms with van der Waals surface area (Å²) in [6.45, 7) is 3.42. The fraction of sp³-hybridized carbons (Fsp3) is 0.409. The number of nitrogens with zero attached hydrogens (tertiary/aromatic N) is 1. The quantitative estimate of drug-likeness (QED) is 0.290. The van der Waals surface area contributed by atoms with E-state index in [0.717, 1.165) is 5.56 Å². The number of rotatable bonds is 12. The Hall–Kier alpha value is -2.82. The Bertz CT molecular complexity index is 843. The Balaban J connectivity index is 1.88. The van der Waals surface area contributed by atoms with Gasteiger partial charge in [-0.25, -0.2) is 0 Å². The normalized spacial score (nSPS) is 14.1. The molecule has 7 nitrogen and oxygen atoms in total. The van der Waals surface area contributed by atoms with E-state index in [9.17, 15) is 18.3 Å². The van der Waals surface area contributed by atoms with Crippen molar-refractivity contribution in [3.8, 4) is 17.2 Å². The molecule has 5 N–H and O–H groups in total. The number of amidine groups is 1. The second-order valence-electron chi connectivity index (χ2n) is 7.07. The van der Waals surface area contributed by atoms with E-state index in [1.54, 1.807) is 19.2 Å². The van der Waals surface area contributed by atoms with Gasteiger partial charge in [0.1, 0.15) is 23.1 Å². The van der Waals surface area contributed by atoms with Crippen LogP contribution in [0, 0.1) is 0 Å². The monoisotopic (exact) mass is 454 g/mol. The van der Waals surface area contributed by atoms with E-state index in [1.165, 1.54) is 24.3 Å². The SMILES string of the molecule is CCC(O)C(CNCC(N)=NC)NCc1ccc(Oc2ccc(OC(F)(F)F)cc2)cc1. The zero-order valence-corrected chi connectivity index (χ0v) is 18.0. The third-order valence-corrected chi connectivity index (χ3v) is 4.63. The molecule has 2 aromatic rings. The standard InChI is InChI=1S/C22H29F3N4O3/c1-3-20(30)19(13-28-14-21(26)27-2)29-12-15-4-6-16(7-5-15)31-17-8-10-18(11-9-17)32-22(23,24)25/h4-11,19-20,28-30H,3,12-14H2,1-2H3,(H2,26,27). The molecular weight excluding hydrogens is 425 g/mol. The minimum atomic E-state index is -4.73. The molecule has 0 aromatic heterocycles. The fourth-order valence-electron chi connectivity index (χ4n) is 2.83. The van der Waals surface area contributed by atoms with Gasteiger partial charge in [-0.3, -0.25) is 4.99 Å². The first-order chi connectivity index (χ1) is 15.2. The number of ether oxygens (including phenoxy) is 2. The van der Waals surface area contributed by atoms with Crippen LogP contribution in [0.4, 0.5) is 13.2 Å². The summed E-state index contributed by atoms with van der Waals surface area (Å²) in [5.74, 6) is 1.11. The molecule has 0 amide bonds. The van der Waals surface area contributed by atoms with E-state index >= 15 is 0 Å². The van der Waals surface area contributed by atoms with Crippen molar-refractivity contribution in [2.75, 3.05) is 20.1 Å². The molecule has 32 heavy (non-hydrogen) atoms. The maximum atomic E-state index is 12.2. The van der Waals surface area contributed by atoms with Crippen LogP contribution in [0.25, 0.3) is 0 Å². The number of benzene rings is 2. The van der Waals surface area contributed by atoms with Crippen molar-refractivity contribution in [2.24, 2.45) is 10.7 Å². The molecule has 2 aromatic carbocycles. The predicted molar refractivity (Wildman–Crippen MR) is 117 cm³/mol. The lowest BCUT2D eigenvalue weighted by Gasteiger charge is -2.24. The highest BCUT2D eigenvalue weighted by atomic mass is 19.4. The van der Waals surface area contributed by atoms with Crippen molar-refractivity contribution in [3.63, 3.8) is 0 Å². The van der Waals surface area contributed by atoms with E-state index in [0.29, 0.717) is 43.4 Å². The van der Waals surface area contributed by atoms with Crippen LogP contribution in [0.15, 0.2) is 53.5 Å². The second-order valence-corrected chi connectivity index (χ2v) is 7.07. The number of alkyl halides is 3. The average Bonchev–Trinajstić information content (AvgIpc) is 2.76. The number of hydrogen-bond donors (Lipinski definition) is 4. The number of aliphatic imine (C=N–C) groups is 1. The fourth-order valence-corrected chi connectivity index (χ4v) is 2.83. The number of nitrogens with one attached hydrogen (secondary N) is 2. The van der Waals surface area contributed by atoms with Crippen molar-refractivity contribution >= 4 is 5.84 Å². The molecule has 0 heterocycles. The first kappa shape index (κ1) is 25.4. The smallest absolute Gasteiger partial charge is 0.457 e. The predicted octanol–water partition coefficient (Wildman–Crippen LogP) is 3.18. The molecule has 2 rings (SSSR count). The summed E-state index contributed by atoms with van der Waals surface area (Å²) >= 11 is 0. The van der Waals surface area contributed by atoms with E-state index in [2.05, 4.69) is 20.4 Å². The lowest BCUT2D eigenvalue weighted by Crippen LogP contribution is -2.47. The van der Waals surface area contributed by atoms with Crippen LogP contribution in [0.3, 0.4) is 0 Å². The van der Waals surface area contributed by atoms with Crippen molar-refractivity contribution in [3.05, 3.63) is 54.1 Å². The first-order valence-corrected chi connectivity index (χ1v) is 10.2. The van der Waals surface area contributed by atoms with E-state index in [1.807, 2.05) is 19.1 Å². The molecule has 0 spiro atoms. The Morgan fingerprint density at radius 1 is 1.06 bits per heavy atom. The molecule has 0 fully saturated rings. The highest BCUT2D eigenvalue weighted by Crippen LogP contribution is 2.27. The summed E-state index contributed by atoms with van der Waals surface area (Å²) in [5, 5.41) is 16.8. The molecular formula is C22H29F3N4O3. The first-order valence-electron chi connectivity index (χ1n) is 10.2.